The van der Waals surface area contributed by atoms with E-state index in [0.717, 1.165) is 16.6 Å². The lowest BCUT2D eigenvalue weighted by Gasteiger charge is -2.24. The van der Waals surface area contributed by atoms with Gasteiger partial charge in [-0.1, -0.05) is 37.1 Å². The average molecular weight is 477 g/mol. The number of benzene rings is 2. The minimum atomic E-state index is -3.53. The van der Waals surface area contributed by atoms with Crippen LogP contribution in [-0.2, 0) is 16.6 Å². The second kappa shape index (κ2) is 11.6. The zero-order valence-electron chi connectivity index (χ0n) is 18.7. The third kappa shape index (κ3) is 6.90. The summed E-state index contributed by atoms with van der Waals surface area (Å²) in [7, 11) is -3.53. The quantitative estimate of drug-likeness (QED) is 0.485. The summed E-state index contributed by atoms with van der Waals surface area (Å²) in [6, 6.07) is 14.2. The van der Waals surface area contributed by atoms with Gasteiger partial charge in [-0.25, -0.2) is 8.42 Å². The van der Waals surface area contributed by atoms with E-state index in [2.05, 4.69) is 5.32 Å². The molecule has 174 valence electrons. The van der Waals surface area contributed by atoms with Crippen LogP contribution in [0.3, 0.4) is 0 Å². The predicted octanol–water partition coefficient (Wildman–Crippen LogP) is 4.46. The van der Waals surface area contributed by atoms with Crippen molar-refractivity contribution in [1.82, 2.24) is 5.32 Å². The Bertz CT molecular complexity index is 987. The maximum Gasteiger partial charge on any atom is 0.251 e. The second-order valence-corrected chi connectivity index (χ2v) is 11.2. The number of rotatable bonds is 11. The summed E-state index contributed by atoms with van der Waals surface area (Å²) >= 11 is 1.95. The summed E-state index contributed by atoms with van der Waals surface area (Å²) < 4.78 is 32.0. The smallest absolute Gasteiger partial charge is 0.251 e. The fraction of sp³-hybridized carbons (Fsp3) is 0.458. The summed E-state index contributed by atoms with van der Waals surface area (Å²) in [5.41, 5.74) is 1.86. The van der Waals surface area contributed by atoms with Gasteiger partial charge in [0, 0.05) is 23.1 Å². The molecular formula is C24H32N2O4S2. The number of hydrogen-bond donors (Lipinski definition) is 1. The van der Waals surface area contributed by atoms with Crippen LogP contribution in [0.1, 0.15) is 48.5 Å². The van der Waals surface area contributed by atoms with Crippen molar-refractivity contribution in [2.24, 2.45) is 0 Å². The molecule has 0 spiro atoms. The van der Waals surface area contributed by atoms with E-state index < -0.39 is 10.0 Å². The van der Waals surface area contributed by atoms with Crippen LogP contribution in [0.15, 0.2) is 48.5 Å². The van der Waals surface area contributed by atoms with E-state index in [-0.39, 0.29) is 12.5 Å². The Labute approximate surface area is 195 Å². The fourth-order valence-electron chi connectivity index (χ4n) is 3.80. The largest absolute Gasteiger partial charge is 0.492 e. The number of ether oxygens (including phenoxy) is 1. The standard InChI is InChI=1S/C24H32N2O4S2/c1-3-30-23-11-7-6-10-22(23)26(32(2,28)29)18-19-12-14-20(15-13-19)24(27)25-16-17-31-21-8-4-5-9-21/h6-7,10-15,21H,3-5,8-9,16-18H2,1-2H3,(H,25,27). The molecule has 2 aromatic carbocycles. The molecule has 32 heavy (non-hydrogen) atoms. The third-order valence-electron chi connectivity index (χ3n) is 5.42. The normalized spacial score (nSPS) is 14.3. The molecule has 8 heteroatoms. The number of nitrogens with zero attached hydrogens (tertiary/aromatic N) is 1. The molecule has 0 saturated heterocycles. The van der Waals surface area contributed by atoms with Crippen LogP contribution in [0.25, 0.3) is 0 Å². The highest BCUT2D eigenvalue weighted by atomic mass is 32.2. The Hall–Kier alpha value is -2.19. The van der Waals surface area contributed by atoms with Crippen molar-refractivity contribution in [2.45, 2.75) is 44.4 Å². The molecular weight excluding hydrogens is 444 g/mol. The molecule has 0 aliphatic heterocycles. The topological polar surface area (TPSA) is 75.7 Å². The van der Waals surface area contributed by atoms with Crippen LogP contribution >= 0.6 is 11.8 Å². The van der Waals surface area contributed by atoms with Crippen molar-refractivity contribution in [3.05, 3.63) is 59.7 Å². The summed E-state index contributed by atoms with van der Waals surface area (Å²) in [5.74, 6) is 1.34. The van der Waals surface area contributed by atoms with Crippen molar-refractivity contribution >= 4 is 33.4 Å². The Morgan fingerprint density at radius 2 is 1.81 bits per heavy atom. The van der Waals surface area contributed by atoms with Gasteiger partial charge < -0.3 is 10.1 Å². The number of anilines is 1. The molecule has 0 unspecified atom stereocenters. The van der Waals surface area contributed by atoms with E-state index in [0.29, 0.717) is 30.2 Å². The highest BCUT2D eigenvalue weighted by molar-refractivity contribution is 7.99. The van der Waals surface area contributed by atoms with Crippen molar-refractivity contribution in [1.29, 1.82) is 0 Å². The zero-order valence-corrected chi connectivity index (χ0v) is 20.4. The van der Waals surface area contributed by atoms with Crippen molar-refractivity contribution in [3.63, 3.8) is 0 Å². The Morgan fingerprint density at radius 3 is 2.47 bits per heavy atom. The number of para-hydroxylation sites is 2. The van der Waals surface area contributed by atoms with Gasteiger partial charge in [0.05, 0.1) is 25.1 Å². The van der Waals surface area contributed by atoms with Gasteiger partial charge >= 0.3 is 0 Å². The van der Waals surface area contributed by atoms with Gasteiger partial charge in [-0.3, -0.25) is 9.10 Å². The van der Waals surface area contributed by atoms with Gasteiger partial charge in [-0.2, -0.15) is 11.8 Å². The zero-order chi connectivity index (χ0) is 23.0. The highest BCUT2D eigenvalue weighted by Crippen LogP contribution is 2.31. The van der Waals surface area contributed by atoms with Crippen LogP contribution in [0.4, 0.5) is 5.69 Å². The van der Waals surface area contributed by atoms with E-state index in [4.69, 9.17) is 4.74 Å². The molecule has 0 heterocycles. The van der Waals surface area contributed by atoms with Crippen LogP contribution in [-0.4, -0.2) is 44.7 Å². The van der Waals surface area contributed by atoms with Gasteiger partial charge in [0.2, 0.25) is 10.0 Å². The van der Waals surface area contributed by atoms with Crippen molar-refractivity contribution in [3.8, 4) is 5.75 Å². The van der Waals surface area contributed by atoms with Crippen molar-refractivity contribution < 1.29 is 17.9 Å². The van der Waals surface area contributed by atoms with E-state index >= 15 is 0 Å². The first-order valence-corrected chi connectivity index (χ1v) is 14.0. The number of hydrogen-bond acceptors (Lipinski definition) is 5. The van der Waals surface area contributed by atoms with Crippen LogP contribution < -0.4 is 14.4 Å². The number of thioether (sulfide) groups is 1. The highest BCUT2D eigenvalue weighted by Gasteiger charge is 2.21. The van der Waals surface area contributed by atoms with Crippen molar-refractivity contribution in [2.75, 3.05) is 29.5 Å². The van der Waals surface area contributed by atoms with Gasteiger partial charge in [0.25, 0.3) is 5.91 Å². The first-order chi connectivity index (χ1) is 15.4. The molecule has 1 aliphatic rings. The lowest BCUT2D eigenvalue weighted by Crippen LogP contribution is -2.30. The summed E-state index contributed by atoms with van der Waals surface area (Å²) in [6.07, 6.45) is 6.41. The van der Waals surface area contributed by atoms with Crippen LogP contribution in [0.2, 0.25) is 0 Å². The molecule has 0 bridgehead atoms. The maximum absolute atomic E-state index is 12.5. The number of nitrogens with one attached hydrogen (secondary N) is 1. The second-order valence-electron chi connectivity index (χ2n) is 7.90. The van der Waals surface area contributed by atoms with E-state index in [9.17, 15) is 13.2 Å². The number of sulfonamides is 1. The van der Waals surface area contributed by atoms with Crippen LogP contribution in [0, 0.1) is 0 Å². The molecule has 0 aromatic heterocycles. The molecule has 2 aromatic rings. The summed E-state index contributed by atoms with van der Waals surface area (Å²) in [6.45, 7) is 3.11. The van der Waals surface area contributed by atoms with Gasteiger partial charge in [-0.05, 0) is 49.6 Å². The molecule has 1 fully saturated rings. The molecule has 1 aliphatic carbocycles. The predicted molar refractivity (Wildman–Crippen MR) is 132 cm³/mol. The number of amides is 1. The van der Waals surface area contributed by atoms with Gasteiger partial charge in [-0.15, -0.1) is 0 Å². The number of carbonyl (C=O) groups excluding carboxylic acids is 1. The fourth-order valence-corrected chi connectivity index (χ4v) is 5.91. The Kier molecular flexibility index (Phi) is 8.87. The van der Waals surface area contributed by atoms with Gasteiger partial charge in [0.1, 0.15) is 5.75 Å². The maximum atomic E-state index is 12.5. The Balaban J connectivity index is 1.62. The lowest BCUT2D eigenvalue weighted by atomic mass is 10.1. The summed E-state index contributed by atoms with van der Waals surface area (Å²) in [4.78, 5) is 12.4. The van der Waals surface area contributed by atoms with E-state index in [1.165, 1.54) is 36.2 Å². The lowest BCUT2D eigenvalue weighted by molar-refractivity contribution is 0.0956. The molecule has 1 saturated carbocycles. The van der Waals surface area contributed by atoms with E-state index in [1.54, 1.807) is 42.5 Å². The average Bonchev–Trinajstić information content (AvgIpc) is 3.29. The molecule has 1 N–H and O–H groups in total. The minimum absolute atomic E-state index is 0.106. The Morgan fingerprint density at radius 1 is 1.12 bits per heavy atom. The number of carbonyl (C=O) groups is 1. The minimum Gasteiger partial charge on any atom is -0.492 e. The molecule has 6 nitrogen and oxygen atoms in total. The monoisotopic (exact) mass is 476 g/mol. The molecule has 1 amide bonds. The van der Waals surface area contributed by atoms with Gasteiger partial charge in [0.15, 0.2) is 0 Å². The SMILES string of the molecule is CCOc1ccccc1N(Cc1ccc(C(=O)NCCSC2CCCC2)cc1)S(C)(=O)=O. The molecule has 0 radical (unpaired) electrons. The van der Waals surface area contributed by atoms with E-state index in [1.807, 2.05) is 24.8 Å². The third-order valence-corrected chi connectivity index (χ3v) is 7.93. The summed E-state index contributed by atoms with van der Waals surface area (Å²) in [5, 5.41) is 3.72. The first-order valence-electron chi connectivity index (χ1n) is 11.1. The van der Waals surface area contributed by atoms with Crippen LogP contribution in [0.5, 0.6) is 5.75 Å². The molecule has 3 rings (SSSR count). The first kappa shape index (κ1) is 24.5. The molecule has 0 atom stereocenters.